The van der Waals surface area contributed by atoms with Crippen molar-refractivity contribution >= 4 is 0 Å². The number of nitrogens with zero attached hydrogens (tertiary/aromatic N) is 1. The molecule has 3 nitrogen and oxygen atoms in total. The number of rotatable bonds is 1. The molecule has 0 aliphatic carbocycles. The Morgan fingerprint density at radius 1 is 1.31 bits per heavy atom. The molecule has 0 radical (unpaired) electrons. The lowest BCUT2D eigenvalue weighted by Gasteiger charge is -1.88. The van der Waals surface area contributed by atoms with Gasteiger partial charge >= 0.3 is 0 Å². The van der Waals surface area contributed by atoms with Crippen LogP contribution in [-0.4, -0.2) is 17.2 Å². The quantitative estimate of drug-likeness (QED) is 0.654. The van der Waals surface area contributed by atoms with Crippen LogP contribution in [0.5, 0.6) is 0 Å². The van der Waals surface area contributed by atoms with Gasteiger partial charge in [0.2, 0.25) is 0 Å². The molecule has 76 valence electrons. The van der Waals surface area contributed by atoms with Crippen molar-refractivity contribution < 1.29 is 0 Å². The fourth-order valence-electron chi connectivity index (χ4n) is 0.880. The highest BCUT2D eigenvalue weighted by Gasteiger charge is 2.00. The maximum absolute atomic E-state index is 4.50. The maximum atomic E-state index is 4.50. The molecule has 3 N–H and O–H groups in total. The first-order chi connectivity index (χ1) is 6.25. The molecule has 0 saturated heterocycles. The number of H-pyrrole nitrogens is 1. The van der Waals surface area contributed by atoms with E-state index in [2.05, 4.69) is 42.9 Å². The van der Waals surface area contributed by atoms with Crippen molar-refractivity contribution in [3.63, 3.8) is 0 Å². The van der Waals surface area contributed by atoms with Gasteiger partial charge in [-0.1, -0.05) is 6.92 Å². The van der Waals surface area contributed by atoms with E-state index in [-0.39, 0.29) is 0 Å². The lowest BCUT2D eigenvalue weighted by Crippen LogP contribution is -1.81. The molecular formula is C10H21N3. The van der Waals surface area contributed by atoms with Crippen LogP contribution in [0.1, 0.15) is 23.9 Å². The minimum Gasteiger partial charge on any atom is -0.333 e. The third kappa shape index (κ3) is 4.48. The van der Waals surface area contributed by atoms with Crippen LogP contribution < -0.4 is 5.73 Å². The predicted octanol–water partition coefficient (Wildman–Crippen LogP) is 1.97. The van der Waals surface area contributed by atoms with Crippen molar-refractivity contribution in [2.45, 2.75) is 27.2 Å². The molecule has 0 spiro atoms. The average Bonchev–Trinajstić information content (AvgIpc) is 2.54. The van der Waals surface area contributed by atoms with Crippen molar-refractivity contribution in [3.05, 3.63) is 30.1 Å². The number of aromatic amines is 1. The summed E-state index contributed by atoms with van der Waals surface area (Å²) in [6, 6.07) is 0. The molecule has 0 unspecified atom stereocenters. The highest BCUT2D eigenvalue weighted by atomic mass is 15.1. The summed E-state index contributed by atoms with van der Waals surface area (Å²) in [6.07, 6.45) is 1.02. The Morgan fingerprint density at radius 3 is 1.92 bits per heavy atom. The van der Waals surface area contributed by atoms with Gasteiger partial charge in [-0.25, -0.2) is 0 Å². The Kier molecular flexibility index (Phi) is 10.00. The van der Waals surface area contributed by atoms with E-state index in [0.29, 0.717) is 0 Å². The van der Waals surface area contributed by atoms with Crippen LogP contribution in [0.15, 0.2) is 13.2 Å². The standard InChI is InChI=1S/C7H12N2.C2H4.CH5N/c1-4-7-5(2)6(3)8-9-7;2*1-2/h4H2,1-3H3,(H,8,9);1-2H2;2H2,1H3. The highest BCUT2D eigenvalue weighted by Crippen LogP contribution is 2.07. The second kappa shape index (κ2) is 9.00. The molecule has 0 aliphatic heterocycles. The first kappa shape index (κ1) is 14.4. The van der Waals surface area contributed by atoms with Gasteiger partial charge in [-0.3, -0.25) is 5.10 Å². The van der Waals surface area contributed by atoms with Gasteiger partial charge in [0.05, 0.1) is 5.69 Å². The van der Waals surface area contributed by atoms with Gasteiger partial charge in [0.15, 0.2) is 0 Å². The minimum absolute atomic E-state index is 1.02. The summed E-state index contributed by atoms with van der Waals surface area (Å²) < 4.78 is 0. The maximum Gasteiger partial charge on any atom is 0.0651 e. The molecule has 1 aromatic heterocycles. The summed E-state index contributed by atoms with van der Waals surface area (Å²) in [5, 5.41) is 7.05. The minimum atomic E-state index is 1.02. The van der Waals surface area contributed by atoms with Gasteiger partial charge < -0.3 is 5.73 Å². The average molecular weight is 183 g/mol. The van der Waals surface area contributed by atoms with Crippen LogP contribution >= 0.6 is 0 Å². The van der Waals surface area contributed by atoms with Crippen molar-refractivity contribution in [1.82, 2.24) is 10.2 Å². The van der Waals surface area contributed by atoms with E-state index in [4.69, 9.17) is 0 Å². The van der Waals surface area contributed by atoms with Crippen LogP contribution in [0.2, 0.25) is 0 Å². The summed E-state index contributed by atoms with van der Waals surface area (Å²) in [5.74, 6) is 0. The van der Waals surface area contributed by atoms with Crippen molar-refractivity contribution in [2.75, 3.05) is 7.05 Å². The third-order valence-corrected chi connectivity index (χ3v) is 1.69. The zero-order chi connectivity index (χ0) is 10.9. The molecule has 1 heterocycles. The molecule has 0 saturated carbocycles. The molecular weight excluding hydrogens is 162 g/mol. The fourth-order valence-corrected chi connectivity index (χ4v) is 0.880. The Hall–Kier alpha value is -1.09. The van der Waals surface area contributed by atoms with Gasteiger partial charge in [0.25, 0.3) is 0 Å². The normalized spacial score (nSPS) is 7.77. The van der Waals surface area contributed by atoms with E-state index >= 15 is 0 Å². The van der Waals surface area contributed by atoms with Gasteiger partial charge in [-0.15, -0.1) is 13.2 Å². The topological polar surface area (TPSA) is 54.7 Å². The zero-order valence-corrected chi connectivity index (χ0v) is 9.15. The van der Waals surface area contributed by atoms with Crippen molar-refractivity contribution in [3.8, 4) is 0 Å². The van der Waals surface area contributed by atoms with Crippen LogP contribution in [0.3, 0.4) is 0 Å². The summed E-state index contributed by atoms with van der Waals surface area (Å²) in [6.45, 7) is 12.3. The molecule has 1 aromatic rings. The highest BCUT2D eigenvalue weighted by molar-refractivity contribution is 5.21. The van der Waals surface area contributed by atoms with Gasteiger partial charge in [-0.2, -0.15) is 5.10 Å². The van der Waals surface area contributed by atoms with Crippen LogP contribution in [0, 0.1) is 13.8 Å². The zero-order valence-electron chi connectivity index (χ0n) is 9.15. The van der Waals surface area contributed by atoms with E-state index in [1.165, 1.54) is 24.0 Å². The Morgan fingerprint density at radius 2 is 1.77 bits per heavy atom. The van der Waals surface area contributed by atoms with E-state index in [1.54, 1.807) is 0 Å². The Labute approximate surface area is 81.0 Å². The fraction of sp³-hybridized carbons (Fsp3) is 0.500. The van der Waals surface area contributed by atoms with Crippen LogP contribution in [0.4, 0.5) is 0 Å². The van der Waals surface area contributed by atoms with E-state index < -0.39 is 0 Å². The second-order valence-electron chi connectivity index (χ2n) is 2.27. The van der Waals surface area contributed by atoms with Crippen LogP contribution in [-0.2, 0) is 6.42 Å². The molecule has 3 heteroatoms. The molecule has 0 amide bonds. The first-order valence-corrected chi connectivity index (χ1v) is 4.34. The number of aryl methyl sites for hydroxylation is 2. The summed E-state index contributed by atoms with van der Waals surface area (Å²) in [5.41, 5.74) is 8.18. The van der Waals surface area contributed by atoms with E-state index in [9.17, 15) is 0 Å². The molecule has 13 heavy (non-hydrogen) atoms. The molecule has 0 aliphatic rings. The van der Waals surface area contributed by atoms with E-state index in [1.807, 2.05) is 6.92 Å². The number of hydrogen-bond acceptors (Lipinski definition) is 2. The number of aromatic nitrogens is 2. The SMILES string of the molecule is C=C.CCc1n[nH]c(C)c1C.CN. The Balaban J connectivity index is 0. The second-order valence-corrected chi connectivity index (χ2v) is 2.27. The van der Waals surface area contributed by atoms with Gasteiger partial charge in [0.1, 0.15) is 0 Å². The summed E-state index contributed by atoms with van der Waals surface area (Å²) in [7, 11) is 1.50. The lowest BCUT2D eigenvalue weighted by molar-refractivity contribution is 0.959. The van der Waals surface area contributed by atoms with Gasteiger partial charge in [-0.05, 0) is 32.9 Å². The molecule has 1 rings (SSSR count). The lowest BCUT2D eigenvalue weighted by atomic mass is 10.2. The largest absolute Gasteiger partial charge is 0.333 e. The summed E-state index contributed by atoms with van der Waals surface area (Å²) in [4.78, 5) is 0. The monoisotopic (exact) mass is 183 g/mol. The van der Waals surface area contributed by atoms with Crippen molar-refractivity contribution in [2.24, 2.45) is 5.73 Å². The smallest absolute Gasteiger partial charge is 0.0651 e. The molecule has 0 aromatic carbocycles. The number of hydrogen-bond donors (Lipinski definition) is 2. The Bertz CT molecular complexity index is 216. The predicted molar refractivity (Wildman–Crippen MR) is 58.8 cm³/mol. The number of nitrogens with two attached hydrogens (primary N) is 1. The first-order valence-electron chi connectivity index (χ1n) is 4.34. The number of nitrogens with one attached hydrogen (secondary N) is 1. The molecule has 0 fully saturated rings. The van der Waals surface area contributed by atoms with Crippen molar-refractivity contribution in [1.29, 1.82) is 0 Å². The van der Waals surface area contributed by atoms with E-state index in [0.717, 1.165) is 6.42 Å². The third-order valence-electron chi connectivity index (χ3n) is 1.69. The summed E-state index contributed by atoms with van der Waals surface area (Å²) >= 11 is 0. The van der Waals surface area contributed by atoms with Gasteiger partial charge in [0, 0.05) is 5.69 Å². The molecule has 0 bridgehead atoms. The molecule has 0 atom stereocenters. The van der Waals surface area contributed by atoms with Crippen LogP contribution in [0.25, 0.3) is 0 Å².